The van der Waals surface area contributed by atoms with Crippen molar-refractivity contribution in [3.63, 3.8) is 0 Å². The van der Waals surface area contributed by atoms with Gasteiger partial charge in [-0.15, -0.1) is 0 Å². The molecule has 2 heterocycles. The SMILES string of the molecule is O=C(Nc1ccc2nccnc2c1)c1cccc(Cl)n1. The highest BCUT2D eigenvalue weighted by Crippen LogP contribution is 2.16. The maximum atomic E-state index is 12.0. The fourth-order valence-electron chi connectivity index (χ4n) is 1.77. The highest BCUT2D eigenvalue weighted by Gasteiger charge is 2.08. The minimum Gasteiger partial charge on any atom is -0.321 e. The van der Waals surface area contributed by atoms with E-state index >= 15 is 0 Å². The zero-order valence-electron chi connectivity index (χ0n) is 10.2. The first-order chi connectivity index (χ1) is 9.72. The van der Waals surface area contributed by atoms with Crippen molar-refractivity contribution in [1.82, 2.24) is 15.0 Å². The van der Waals surface area contributed by atoms with Gasteiger partial charge in [0.1, 0.15) is 10.8 Å². The molecule has 0 bridgehead atoms. The lowest BCUT2D eigenvalue weighted by molar-refractivity contribution is 0.102. The molecule has 20 heavy (non-hydrogen) atoms. The molecule has 98 valence electrons. The number of nitrogens with zero attached hydrogens (tertiary/aromatic N) is 3. The Balaban J connectivity index is 1.87. The highest BCUT2D eigenvalue weighted by molar-refractivity contribution is 6.29. The Labute approximate surface area is 119 Å². The van der Waals surface area contributed by atoms with Crippen molar-refractivity contribution in [2.24, 2.45) is 0 Å². The molecule has 1 amide bonds. The van der Waals surface area contributed by atoms with Crippen LogP contribution in [0.4, 0.5) is 5.69 Å². The smallest absolute Gasteiger partial charge is 0.274 e. The monoisotopic (exact) mass is 284 g/mol. The van der Waals surface area contributed by atoms with E-state index in [1.165, 1.54) is 0 Å². The third-order valence-electron chi connectivity index (χ3n) is 2.67. The predicted octanol–water partition coefficient (Wildman–Crippen LogP) is 2.93. The largest absolute Gasteiger partial charge is 0.321 e. The molecular weight excluding hydrogens is 276 g/mol. The second kappa shape index (κ2) is 5.22. The number of hydrogen-bond donors (Lipinski definition) is 1. The van der Waals surface area contributed by atoms with E-state index in [1.54, 1.807) is 48.8 Å². The summed E-state index contributed by atoms with van der Waals surface area (Å²) >= 11 is 5.76. The first kappa shape index (κ1) is 12.5. The van der Waals surface area contributed by atoms with Gasteiger partial charge in [0.05, 0.1) is 11.0 Å². The maximum Gasteiger partial charge on any atom is 0.274 e. The number of fused-ring (bicyclic) bond motifs is 1. The fourth-order valence-corrected chi connectivity index (χ4v) is 1.93. The van der Waals surface area contributed by atoms with E-state index in [2.05, 4.69) is 20.3 Å². The molecule has 3 aromatic rings. The highest BCUT2D eigenvalue weighted by atomic mass is 35.5. The van der Waals surface area contributed by atoms with E-state index in [1.807, 2.05) is 0 Å². The Morgan fingerprint density at radius 3 is 2.65 bits per heavy atom. The number of rotatable bonds is 2. The van der Waals surface area contributed by atoms with Crippen molar-refractivity contribution < 1.29 is 4.79 Å². The minimum absolute atomic E-state index is 0.261. The summed E-state index contributed by atoms with van der Waals surface area (Å²) < 4.78 is 0. The normalized spacial score (nSPS) is 10.4. The van der Waals surface area contributed by atoms with Crippen LogP contribution in [0.1, 0.15) is 10.5 Å². The fraction of sp³-hybridized carbons (Fsp3) is 0. The number of nitrogens with one attached hydrogen (secondary N) is 1. The average molecular weight is 285 g/mol. The number of amides is 1. The molecule has 0 unspecified atom stereocenters. The van der Waals surface area contributed by atoms with E-state index in [-0.39, 0.29) is 16.8 Å². The van der Waals surface area contributed by atoms with Crippen LogP contribution >= 0.6 is 11.6 Å². The summed E-state index contributed by atoms with van der Waals surface area (Å²) in [6.07, 6.45) is 3.23. The molecule has 0 aliphatic carbocycles. The van der Waals surface area contributed by atoms with Crippen LogP contribution in [-0.4, -0.2) is 20.9 Å². The van der Waals surface area contributed by atoms with Crippen molar-refractivity contribution in [2.45, 2.75) is 0 Å². The van der Waals surface area contributed by atoms with Crippen molar-refractivity contribution in [3.8, 4) is 0 Å². The van der Waals surface area contributed by atoms with Gasteiger partial charge >= 0.3 is 0 Å². The number of halogens is 1. The van der Waals surface area contributed by atoms with E-state index in [4.69, 9.17) is 11.6 Å². The van der Waals surface area contributed by atoms with Gasteiger partial charge in [-0.05, 0) is 30.3 Å². The molecule has 2 aromatic heterocycles. The molecule has 5 nitrogen and oxygen atoms in total. The molecule has 1 aromatic carbocycles. The van der Waals surface area contributed by atoms with Crippen LogP contribution in [0.25, 0.3) is 11.0 Å². The molecule has 0 atom stereocenters. The maximum absolute atomic E-state index is 12.0. The number of benzene rings is 1. The molecular formula is C14H9ClN4O. The van der Waals surface area contributed by atoms with Crippen LogP contribution < -0.4 is 5.32 Å². The van der Waals surface area contributed by atoms with E-state index in [0.717, 1.165) is 5.52 Å². The molecule has 0 saturated carbocycles. The Kier molecular flexibility index (Phi) is 3.26. The summed E-state index contributed by atoms with van der Waals surface area (Å²) in [5.74, 6) is -0.323. The van der Waals surface area contributed by atoms with Gasteiger partial charge in [-0.25, -0.2) is 4.98 Å². The van der Waals surface area contributed by atoms with E-state index < -0.39 is 0 Å². The van der Waals surface area contributed by atoms with Gasteiger partial charge < -0.3 is 5.32 Å². The van der Waals surface area contributed by atoms with Crippen LogP contribution in [0.5, 0.6) is 0 Å². The van der Waals surface area contributed by atoms with Gasteiger partial charge in [0, 0.05) is 18.1 Å². The van der Waals surface area contributed by atoms with E-state index in [0.29, 0.717) is 11.2 Å². The number of carbonyl (C=O) groups is 1. The second-order valence-corrected chi connectivity index (χ2v) is 4.45. The first-order valence-electron chi connectivity index (χ1n) is 5.87. The number of pyridine rings is 1. The molecule has 0 fully saturated rings. The molecule has 0 aliphatic rings. The van der Waals surface area contributed by atoms with Gasteiger partial charge in [-0.3, -0.25) is 14.8 Å². The minimum atomic E-state index is -0.323. The van der Waals surface area contributed by atoms with Crippen LogP contribution in [0.3, 0.4) is 0 Å². The van der Waals surface area contributed by atoms with E-state index in [9.17, 15) is 4.79 Å². The zero-order chi connectivity index (χ0) is 13.9. The van der Waals surface area contributed by atoms with Crippen LogP contribution in [0, 0.1) is 0 Å². The average Bonchev–Trinajstić information content (AvgIpc) is 2.47. The van der Waals surface area contributed by atoms with Crippen LogP contribution in [-0.2, 0) is 0 Å². The number of anilines is 1. The van der Waals surface area contributed by atoms with Gasteiger partial charge in [0.25, 0.3) is 5.91 Å². The summed E-state index contributed by atoms with van der Waals surface area (Å²) in [6.45, 7) is 0. The van der Waals surface area contributed by atoms with Crippen molar-refractivity contribution in [3.05, 3.63) is 59.6 Å². The third kappa shape index (κ3) is 2.57. The molecule has 1 N–H and O–H groups in total. The topological polar surface area (TPSA) is 67.8 Å². The molecule has 3 rings (SSSR count). The Morgan fingerprint density at radius 2 is 1.85 bits per heavy atom. The molecule has 0 radical (unpaired) electrons. The summed E-state index contributed by atoms with van der Waals surface area (Å²) in [4.78, 5) is 24.3. The molecule has 6 heteroatoms. The lowest BCUT2D eigenvalue weighted by atomic mass is 10.2. The second-order valence-electron chi connectivity index (χ2n) is 4.06. The lowest BCUT2D eigenvalue weighted by Gasteiger charge is -2.05. The molecule has 0 aliphatic heterocycles. The van der Waals surface area contributed by atoms with Crippen molar-refractivity contribution in [2.75, 3.05) is 5.32 Å². The van der Waals surface area contributed by atoms with Crippen molar-refractivity contribution in [1.29, 1.82) is 0 Å². The van der Waals surface area contributed by atoms with Crippen LogP contribution in [0.15, 0.2) is 48.8 Å². The van der Waals surface area contributed by atoms with Crippen LogP contribution in [0.2, 0.25) is 5.15 Å². The lowest BCUT2D eigenvalue weighted by Crippen LogP contribution is -2.13. The number of carbonyl (C=O) groups excluding carboxylic acids is 1. The summed E-state index contributed by atoms with van der Waals surface area (Å²) in [6, 6.07) is 10.2. The van der Waals surface area contributed by atoms with Gasteiger partial charge in [-0.1, -0.05) is 17.7 Å². The number of hydrogen-bond acceptors (Lipinski definition) is 4. The quantitative estimate of drug-likeness (QED) is 0.735. The Bertz CT molecular complexity index is 791. The van der Waals surface area contributed by atoms with Gasteiger partial charge in [-0.2, -0.15) is 0 Å². The number of aromatic nitrogens is 3. The standard InChI is InChI=1S/C14H9ClN4O/c15-13-3-1-2-11(19-13)14(20)18-9-4-5-10-12(8-9)17-7-6-16-10/h1-8H,(H,18,20). The van der Waals surface area contributed by atoms with Crippen molar-refractivity contribution >= 4 is 34.2 Å². The first-order valence-corrected chi connectivity index (χ1v) is 6.25. The summed E-state index contributed by atoms with van der Waals surface area (Å²) in [5, 5.41) is 3.03. The molecule has 0 spiro atoms. The Morgan fingerprint density at radius 1 is 1.05 bits per heavy atom. The van der Waals surface area contributed by atoms with Gasteiger partial charge in [0.15, 0.2) is 0 Å². The third-order valence-corrected chi connectivity index (χ3v) is 2.89. The Hall–Kier alpha value is -2.53. The molecule has 0 saturated heterocycles. The zero-order valence-corrected chi connectivity index (χ0v) is 11.0. The van der Waals surface area contributed by atoms with Gasteiger partial charge in [0.2, 0.25) is 0 Å². The predicted molar refractivity (Wildman–Crippen MR) is 76.7 cm³/mol. The summed E-state index contributed by atoms with van der Waals surface area (Å²) in [7, 11) is 0. The summed E-state index contributed by atoms with van der Waals surface area (Å²) in [5.41, 5.74) is 2.37.